The fourth-order valence-electron chi connectivity index (χ4n) is 4.95. The molecule has 44 heavy (non-hydrogen) atoms. The van der Waals surface area contributed by atoms with Crippen LogP contribution in [0.3, 0.4) is 0 Å². The lowest BCUT2D eigenvalue weighted by Gasteiger charge is -2.11. The highest BCUT2D eigenvalue weighted by molar-refractivity contribution is 5.74. The summed E-state index contributed by atoms with van der Waals surface area (Å²) in [6.45, 7) is 2.29. The monoisotopic (exact) mass is 602 g/mol. The second-order valence-corrected chi connectivity index (χ2v) is 10.1. The molecule has 3 aromatic carbocycles. The number of carbonyl (C=O) groups is 1. The Bertz CT molecular complexity index is 1800. The molecule has 0 saturated carbocycles. The highest BCUT2D eigenvalue weighted by Crippen LogP contribution is 2.30. The zero-order chi connectivity index (χ0) is 31.3. The molecule has 0 saturated heterocycles. The first-order valence-corrected chi connectivity index (χ1v) is 14.0. The maximum Gasteiger partial charge on any atom is 0.416 e. The van der Waals surface area contributed by atoms with E-state index in [0.717, 1.165) is 33.5 Å². The van der Waals surface area contributed by atoms with Crippen molar-refractivity contribution in [2.75, 3.05) is 6.61 Å². The Morgan fingerprint density at radius 3 is 2.20 bits per heavy atom. The second kappa shape index (κ2) is 13.0. The number of nitrogens with zero attached hydrogens (tertiary/aromatic N) is 4. The molecule has 0 radical (unpaired) electrons. The summed E-state index contributed by atoms with van der Waals surface area (Å²) in [5, 5.41) is 13.8. The molecular formula is C33H29F3N4O4. The minimum atomic E-state index is -4.49. The number of carboxylic acids is 1. The molecule has 2 aromatic heterocycles. The number of aryl methyl sites for hydroxylation is 2. The average molecular weight is 603 g/mol. The smallest absolute Gasteiger partial charge is 0.416 e. The van der Waals surface area contributed by atoms with Gasteiger partial charge < -0.3 is 9.84 Å². The van der Waals surface area contributed by atoms with E-state index in [9.17, 15) is 27.9 Å². The molecule has 5 aromatic rings. The lowest BCUT2D eigenvalue weighted by atomic mass is 9.98. The number of hydrogen-bond acceptors (Lipinski definition) is 5. The van der Waals surface area contributed by atoms with Crippen molar-refractivity contribution in [1.29, 1.82) is 0 Å². The third kappa shape index (κ3) is 6.88. The molecule has 0 aliphatic carbocycles. The highest BCUT2D eigenvalue weighted by Gasteiger charge is 2.30. The number of ether oxygens (including phenoxy) is 1. The van der Waals surface area contributed by atoms with Gasteiger partial charge in [0.05, 0.1) is 30.0 Å². The largest absolute Gasteiger partial charge is 0.494 e. The SMILES string of the molecule is CCOc1ccc(-c2ccc(CCCc3nn(-c4ccc(C(F)(F)F)cc4)c(=O)n3-c3ccncc3)cc2)cc1CC(=O)O. The lowest BCUT2D eigenvalue weighted by Crippen LogP contribution is -2.23. The molecule has 5 rings (SSSR count). The van der Waals surface area contributed by atoms with E-state index < -0.39 is 23.4 Å². The van der Waals surface area contributed by atoms with Gasteiger partial charge in [0.2, 0.25) is 0 Å². The van der Waals surface area contributed by atoms with E-state index in [1.165, 1.54) is 16.7 Å². The van der Waals surface area contributed by atoms with E-state index in [2.05, 4.69) is 10.1 Å². The Hall–Kier alpha value is -5.19. The molecule has 0 aliphatic rings. The molecule has 0 atom stereocenters. The summed E-state index contributed by atoms with van der Waals surface area (Å²) in [4.78, 5) is 28.7. The number of pyridine rings is 1. The standard InChI is InChI=1S/C33H29F3N4O4/c1-2-44-29-15-10-24(20-25(29)21-31(41)42)23-8-6-22(7-9-23)4-3-5-30-38-40(28-13-11-26(12-14-28)33(34,35)36)32(43)39(30)27-16-18-37-19-17-27/h6-20H,2-5,21H2,1H3,(H,41,42). The van der Waals surface area contributed by atoms with Crippen molar-refractivity contribution >= 4 is 5.97 Å². The molecular weight excluding hydrogens is 573 g/mol. The molecule has 0 bridgehead atoms. The van der Waals surface area contributed by atoms with Crippen molar-refractivity contribution in [3.63, 3.8) is 0 Å². The maximum absolute atomic E-state index is 13.4. The summed E-state index contributed by atoms with van der Waals surface area (Å²) in [5.41, 5.74) is 2.97. The number of rotatable bonds is 11. The fourth-order valence-corrected chi connectivity index (χ4v) is 4.95. The Morgan fingerprint density at radius 1 is 0.886 bits per heavy atom. The van der Waals surface area contributed by atoms with Gasteiger partial charge in [0.25, 0.3) is 0 Å². The Morgan fingerprint density at radius 2 is 1.57 bits per heavy atom. The van der Waals surface area contributed by atoms with Crippen molar-refractivity contribution in [3.05, 3.63) is 124 Å². The number of carboxylic acid groups (broad SMARTS) is 1. The normalized spacial score (nSPS) is 11.5. The number of benzene rings is 3. The molecule has 0 unspecified atom stereocenters. The molecule has 0 amide bonds. The third-order valence-electron chi connectivity index (χ3n) is 7.06. The molecule has 8 nitrogen and oxygen atoms in total. The van der Waals surface area contributed by atoms with E-state index in [4.69, 9.17) is 4.74 Å². The topological polar surface area (TPSA) is 99.2 Å². The maximum atomic E-state index is 13.4. The summed E-state index contributed by atoms with van der Waals surface area (Å²) < 4.78 is 47.3. The van der Waals surface area contributed by atoms with Crippen LogP contribution in [-0.4, -0.2) is 37.0 Å². The number of hydrogen-bond donors (Lipinski definition) is 1. The predicted octanol–water partition coefficient (Wildman–Crippen LogP) is 6.31. The Balaban J connectivity index is 1.34. The van der Waals surface area contributed by atoms with Crippen LogP contribution in [-0.2, 0) is 30.2 Å². The van der Waals surface area contributed by atoms with E-state index in [1.807, 2.05) is 43.3 Å². The number of aromatic nitrogens is 4. The molecule has 11 heteroatoms. The predicted molar refractivity (Wildman–Crippen MR) is 158 cm³/mol. The van der Waals surface area contributed by atoms with Gasteiger partial charge in [0.1, 0.15) is 11.6 Å². The van der Waals surface area contributed by atoms with E-state index in [0.29, 0.717) is 48.7 Å². The number of halogens is 3. The molecule has 0 fully saturated rings. The van der Waals surface area contributed by atoms with Crippen LogP contribution in [0.2, 0.25) is 0 Å². The number of alkyl halides is 3. The molecule has 226 valence electrons. The minimum absolute atomic E-state index is 0.138. The molecule has 0 spiro atoms. The first-order valence-electron chi connectivity index (χ1n) is 14.0. The quantitative estimate of drug-likeness (QED) is 0.190. The first-order chi connectivity index (χ1) is 21.1. The lowest BCUT2D eigenvalue weighted by molar-refractivity contribution is -0.138. The average Bonchev–Trinajstić information content (AvgIpc) is 3.34. The van der Waals surface area contributed by atoms with Gasteiger partial charge in [-0.25, -0.2) is 9.36 Å². The van der Waals surface area contributed by atoms with Gasteiger partial charge in [-0.15, -0.1) is 5.10 Å². The van der Waals surface area contributed by atoms with Crippen LogP contribution in [0.25, 0.3) is 22.5 Å². The van der Waals surface area contributed by atoms with Crippen LogP contribution in [0.1, 0.15) is 35.9 Å². The highest BCUT2D eigenvalue weighted by atomic mass is 19.4. The Labute approximate surface area is 251 Å². The molecule has 1 N–H and O–H groups in total. The van der Waals surface area contributed by atoms with Gasteiger partial charge in [0, 0.05) is 24.4 Å². The van der Waals surface area contributed by atoms with E-state index >= 15 is 0 Å². The summed E-state index contributed by atoms with van der Waals surface area (Å²) in [6, 6.07) is 21.1. The summed E-state index contributed by atoms with van der Waals surface area (Å²) in [6.07, 6.45) is 0.256. The minimum Gasteiger partial charge on any atom is -0.494 e. The summed E-state index contributed by atoms with van der Waals surface area (Å²) in [5.74, 6) is 0.0938. The fraction of sp³-hybridized carbons (Fsp3) is 0.212. The third-order valence-corrected chi connectivity index (χ3v) is 7.06. The van der Waals surface area contributed by atoms with Crippen LogP contribution < -0.4 is 10.4 Å². The van der Waals surface area contributed by atoms with Crippen LogP contribution >= 0.6 is 0 Å². The summed E-state index contributed by atoms with van der Waals surface area (Å²) >= 11 is 0. The van der Waals surface area contributed by atoms with Crippen molar-refractivity contribution in [2.24, 2.45) is 0 Å². The van der Waals surface area contributed by atoms with Crippen LogP contribution in [0.4, 0.5) is 13.2 Å². The summed E-state index contributed by atoms with van der Waals surface area (Å²) in [7, 11) is 0. The van der Waals surface area contributed by atoms with Gasteiger partial charge in [-0.3, -0.25) is 9.78 Å². The van der Waals surface area contributed by atoms with Crippen LogP contribution in [0, 0.1) is 0 Å². The Kier molecular flexibility index (Phi) is 8.94. The van der Waals surface area contributed by atoms with Gasteiger partial charge >= 0.3 is 17.8 Å². The van der Waals surface area contributed by atoms with Gasteiger partial charge in [-0.2, -0.15) is 17.9 Å². The van der Waals surface area contributed by atoms with Crippen molar-refractivity contribution in [2.45, 2.75) is 38.8 Å². The zero-order valence-corrected chi connectivity index (χ0v) is 23.8. The van der Waals surface area contributed by atoms with Gasteiger partial charge in [-0.05, 0) is 85.0 Å². The van der Waals surface area contributed by atoms with E-state index in [1.54, 1.807) is 30.6 Å². The molecule has 0 aliphatic heterocycles. The van der Waals surface area contributed by atoms with Crippen molar-refractivity contribution in [1.82, 2.24) is 19.3 Å². The van der Waals surface area contributed by atoms with Crippen molar-refractivity contribution in [3.8, 4) is 28.3 Å². The van der Waals surface area contributed by atoms with Crippen LogP contribution in [0.5, 0.6) is 5.75 Å². The van der Waals surface area contributed by atoms with Gasteiger partial charge in [0.15, 0.2) is 0 Å². The number of aliphatic carboxylic acids is 1. The second-order valence-electron chi connectivity index (χ2n) is 10.1. The van der Waals surface area contributed by atoms with E-state index in [-0.39, 0.29) is 12.1 Å². The van der Waals surface area contributed by atoms with Crippen molar-refractivity contribution < 1.29 is 27.8 Å². The first kappa shape index (κ1) is 30.3. The zero-order valence-electron chi connectivity index (χ0n) is 23.8. The van der Waals surface area contributed by atoms with Crippen LogP contribution in [0.15, 0.2) is 96.1 Å². The van der Waals surface area contributed by atoms with Gasteiger partial charge in [-0.1, -0.05) is 30.3 Å². The molecule has 2 heterocycles.